The zero-order valence-corrected chi connectivity index (χ0v) is 24.1. The Kier molecular flexibility index (Phi) is 5.67. The normalized spacial score (nSPS) is 20.2. The summed E-state index contributed by atoms with van der Waals surface area (Å²) in [6, 6.07) is 8.39. The van der Waals surface area contributed by atoms with Gasteiger partial charge in [-0.1, -0.05) is 31.7 Å². The van der Waals surface area contributed by atoms with E-state index in [9.17, 15) is 9.90 Å². The Morgan fingerprint density at radius 2 is 1.40 bits per heavy atom. The van der Waals surface area contributed by atoms with Crippen LogP contribution in [0.1, 0.15) is 72.7 Å². The van der Waals surface area contributed by atoms with Gasteiger partial charge in [0.15, 0.2) is 0 Å². The molecule has 0 saturated carbocycles. The Balaban J connectivity index is 1.81. The molecule has 3 N–H and O–H groups in total. The maximum absolute atomic E-state index is 12.2. The highest BCUT2D eigenvalue weighted by Gasteiger charge is 2.47. The summed E-state index contributed by atoms with van der Waals surface area (Å²) < 4.78 is 0. The standard InChI is InChI=1S/C34H34N4O2/c1-9-22-20(6)29-13-27-17(3)16(2)25(35-27)12-26-18(4)19(5)28(36-26)14-31-24-11-10-23(33(39)40)21(7)34(24,8)32(38-31)15-30(22)37-29/h9-15,21,36-37H,1H2,2-8H3,(H,39,40). The molecule has 8 bridgehead atoms. The van der Waals surface area contributed by atoms with Crippen LogP contribution in [0.3, 0.4) is 0 Å². The largest absolute Gasteiger partial charge is 0.478 e. The maximum atomic E-state index is 12.2. The van der Waals surface area contributed by atoms with Gasteiger partial charge in [-0.25, -0.2) is 9.78 Å². The summed E-state index contributed by atoms with van der Waals surface area (Å²) in [6.07, 6.45) is 5.53. The summed E-state index contributed by atoms with van der Waals surface area (Å²) in [6.45, 7) is 18.7. The number of nitrogens with zero attached hydrogens (tertiary/aromatic N) is 2. The lowest BCUT2D eigenvalue weighted by molar-refractivity contribution is -0.133. The van der Waals surface area contributed by atoms with Crippen LogP contribution in [0.2, 0.25) is 0 Å². The number of aliphatic carboxylic acids is 1. The van der Waals surface area contributed by atoms with Crippen LogP contribution in [0.5, 0.6) is 0 Å². The van der Waals surface area contributed by atoms with Crippen molar-refractivity contribution in [3.05, 3.63) is 93.6 Å². The number of rotatable bonds is 2. The van der Waals surface area contributed by atoms with E-state index in [0.29, 0.717) is 5.57 Å². The molecule has 2 atom stereocenters. The molecular weight excluding hydrogens is 496 g/mol. The van der Waals surface area contributed by atoms with E-state index in [1.807, 2.05) is 19.1 Å². The van der Waals surface area contributed by atoms with Gasteiger partial charge in [0.2, 0.25) is 0 Å². The maximum Gasteiger partial charge on any atom is 0.331 e. The number of allylic oxidation sites excluding steroid dienone is 5. The average molecular weight is 531 g/mol. The number of H-pyrrole nitrogens is 2. The van der Waals surface area contributed by atoms with Crippen molar-refractivity contribution >= 4 is 50.8 Å². The third-order valence-electron chi connectivity index (χ3n) is 9.53. The number of aromatic nitrogens is 4. The second-order valence-electron chi connectivity index (χ2n) is 11.4. The molecule has 6 heteroatoms. The topological polar surface area (TPSA) is 94.7 Å². The van der Waals surface area contributed by atoms with Crippen LogP contribution in [-0.2, 0) is 10.2 Å². The van der Waals surface area contributed by atoms with Crippen molar-refractivity contribution in [2.75, 3.05) is 0 Å². The highest BCUT2D eigenvalue weighted by Crippen LogP contribution is 2.51. The van der Waals surface area contributed by atoms with E-state index in [1.165, 1.54) is 0 Å². The number of hydrogen-bond donors (Lipinski definition) is 3. The first kappa shape index (κ1) is 25.8. The third kappa shape index (κ3) is 3.52. The fourth-order valence-electron chi connectivity index (χ4n) is 6.31. The molecule has 0 amide bonds. The lowest BCUT2D eigenvalue weighted by Crippen LogP contribution is -2.34. The van der Waals surface area contributed by atoms with E-state index in [2.05, 4.69) is 82.4 Å². The van der Waals surface area contributed by atoms with Crippen molar-refractivity contribution < 1.29 is 9.90 Å². The molecule has 2 unspecified atom stereocenters. The van der Waals surface area contributed by atoms with Crippen LogP contribution in [0.25, 0.3) is 44.9 Å². The second-order valence-corrected chi connectivity index (χ2v) is 11.4. The van der Waals surface area contributed by atoms with Crippen LogP contribution in [0.15, 0.2) is 48.6 Å². The number of carbonyl (C=O) groups is 1. The first-order valence-corrected chi connectivity index (χ1v) is 13.6. The molecule has 40 heavy (non-hydrogen) atoms. The first-order valence-electron chi connectivity index (χ1n) is 13.6. The number of hydrogen-bond acceptors (Lipinski definition) is 3. The fraction of sp³-hybridized carbons (Fsp3) is 0.265. The number of aromatic amines is 2. The van der Waals surface area contributed by atoms with E-state index in [-0.39, 0.29) is 5.92 Å². The van der Waals surface area contributed by atoms with Crippen molar-refractivity contribution in [3.63, 3.8) is 0 Å². The molecule has 0 fully saturated rings. The smallest absolute Gasteiger partial charge is 0.331 e. The SMILES string of the molecule is C=Cc1c(C)c2cc3nc(cc4[nH]c(cc5nc(cc1[nH]2)C1(C)C5=CC=C(C(=O)O)C1C)c(C)c4C)C(C)=C3C. The van der Waals surface area contributed by atoms with Crippen molar-refractivity contribution in [3.8, 4) is 0 Å². The average Bonchev–Trinajstić information content (AvgIpc) is 3.54. The van der Waals surface area contributed by atoms with Gasteiger partial charge in [-0.05, 0) is 99.2 Å². The lowest BCUT2D eigenvalue weighted by Gasteiger charge is -2.36. The van der Waals surface area contributed by atoms with E-state index >= 15 is 0 Å². The minimum atomic E-state index is -0.901. The minimum Gasteiger partial charge on any atom is -0.478 e. The van der Waals surface area contributed by atoms with Crippen LogP contribution in [0.4, 0.5) is 0 Å². The van der Waals surface area contributed by atoms with Crippen molar-refractivity contribution in [1.82, 2.24) is 19.9 Å². The predicted octanol–water partition coefficient (Wildman–Crippen LogP) is 7.84. The Hall–Kier alpha value is -4.45. The van der Waals surface area contributed by atoms with Crippen molar-refractivity contribution in [2.24, 2.45) is 5.92 Å². The summed E-state index contributed by atoms with van der Waals surface area (Å²) >= 11 is 0. The monoisotopic (exact) mass is 530 g/mol. The fourth-order valence-corrected chi connectivity index (χ4v) is 6.31. The number of nitrogens with one attached hydrogen (secondary N) is 2. The molecule has 202 valence electrons. The zero-order chi connectivity index (χ0) is 28.7. The predicted molar refractivity (Wildman–Crippen MR) is 164 cm³/mol. The highest BCUT2D eigenvalue weighted by molar-refractivity contribution is 5.94. The summed E-state index contributed by atoms with van der Waals surface area (Å²) in [5, 5.41) is 9.98. The van der Waals surface area contributed by atoms with Gasteiger partial charge in [0, 0.05) is 44.5 Å². The van der Waals surface area contributed by atoms with Gasteiger partial charge in [0.25, 0.3) is 0 Å². The molecule has 2 aliphatic heterocycles. The van der Waals surface area contributed by atoms with Crippen LogP contribution in [-0.4, -0.2) is 31.0 Å². The van der Waals surface area contributed by atoms with Gasteiger partial charge >= 0.3 is 5.97 Å². The molecule has 0 aromatic carbocycles. The molecule has 3 aromatic rings. The van der Waals surface area contributed by atoms with Crippen LogP contribution >= 0.6 is 0 Å². The molecule has 5 heterocycles. The van der Waals surface area contributed by atoms with E-state index in [4.69, 9.17) is 9.97 Å². The Labute approximate surface area is 233 Å². The van der Waals surface area contributed by atoms with Gasteiger partial charge in [-0.2, -0.15) is 0 Å². The quantitative estimate of drug-likeness (QED) is 0.315. The molecular formula is C34H34N4O2. The second kappa shape index (κ2) is 8.78. The van der Waals surface area contributed by atoms with Gasteiger partial charge in [0.1, 0.15) is 0 Å². The molecule has 0 saturated heterocycles. The van der Waals surface area contributed by atoms with E-state index in [1.54, 1.807) is 6.08 Å². The third-order valence-corrected chi connectivity index (χ3v) is 9.53. The van der Waals surface area contributed by atoms with Crippen molar-refractivity contribution in [2.45, 2.75) is 53.9 Å². The number of aryl methyl sites for hydroxylation is 3. The van der Waals surface area contributed by atoms with Crippen LogP contribution in [0, 0.1) is 26.7 Å². The summed E-state index contributed by atoms with van der Waals surface area (Å²) in [7, 11) is 0. The first-order chi connectivity index (χ1) is 18.9. The molecule has 1 aliphatic carbocycles. The van der Waals surface area contributed by atoms with Gasteiger partial charge in [0.05, 0.1) is 22.8 Å². The molecule has 6 rings (SSSR count). The summed E-state index contributed by atoms with van der Waals surface area (Å²) in [4.78, 5) is 29.6. The highest BCUT2D eigenvalue weighted by atomic mass is 16.4. The molecule has 3 aromatic heterocycles. The summed E-state index contributed by atoms with van der Waals surface area (Å²) in [5.41, 5.74) is 14.9. The lowest BCUT2D eigenvalue weighted by atomic mass is 9.65. The minimum absolute atomic E-state index is 0.283. The van der Waals surface area contributed by atoms with Gasteiger partial charge in [-0.15, -0.1) is 0 Å². The van der Waals surface area contributed by atoms with E-state index < -0.39 is 11.4 Å². The van der Waals surface area contributed by atoms with Crippen LogP contribution < -0.4 is 0 Å². The van der Waals surface area contributed by atoms with Gasteiger partial charge in [-0.3, -0.25) is 4.98 Å². The Morgan fingerprint density at radius 1 is 0.850 bits per heavy atom. The Morgan fingerprint density at radius 3 is 1.98 bits per heavy atom. The number of fused-ring (bicyclic) bond motifs is 11. The van der Waals surface area contributed by atoms with Crippen molar-refractivity contribution in [1.29, 1.82) is 0 Å². The van der Waals surface area contributed by atoms with E-state index in [0.717, 1.165) is 83.8 Å². The molecule has 0 radical (unpaired) electrons. The Bertz CT molecular complexity index is 1930. The number of carboxylic acid groups (broad SMARTS) is 1. The molecule has 0 spiro atoms. The summed E-state index contributed by atoms with van der Waals surface area (Å²) in [5.74, 6) is -1.18. The zero-order valence-electron chi connectivity index (χ0n) is 24.1. The van der Waals surface area contributed by atoms with Gasteiger partial charge < -0.3 is 15.1 Å². The molecule has 3 aliphatic rings. The molecule has 6 nitrogen and oxygen atoms in total. The number of carboxylic acids is 1.